The van der Waals surface area contributed by atoms with E-state index in [1.807, 2.05) is 6.92 Å². The van der Waals surface area contributed by atoms with Gasteiger partial charge in [-0.15, -0.1) is 0 Å². The van der Waals surface area contributed by atoms with E-state index >= 15 is 0 Å². The second kappa shape index (κ2) is 11.4. The minimum atomic E-state index is -0.697. The molecule has 5 rings (SSSR count). The molecule has 2 aliphatic rings. The van der Waals surface area contributed by atoms with Crippen LogP contribution in [0.4, 0.5) is 9.18 Å². The molecule has 3 aromatic rings. The number of carbonyl (C=O) groups is 1. The van der Waals surface area contributed by atoms with Gasteiger partial charge in [-0.25, -0.2) is 14.0 Å². The molecule has 1 N–H and O–H groups in total. The van der Waals surface area contributed by atoms with Crippen molar-refractivity contribution in [2.24, 2.45) is 5.16 Å². The minimum absolute atomic E-state index is 0.00530. The van der Waals surface area contributed by atoms with E-state index in [4.69, 9.17) is 14.0 Å². The van der Waals surface area contributed by atoms with E-state index in [1.54, 1.807) is 24.0 Å². The highest BCUT2D eigenvalue weighted by Crippen LogP contribution is 2.29. The number of nitrogens with zero attached hydrogens (tertiary/aromatic N) is 3. The predicted molar refractivity (Wildman–Crippen MR) is 142 cm³/mol. The Balaban J connectivity index is 1.30. The fourth-order valence-electron chi connectivity index (χ4n) is 5.49. The molecule has 0 spiro atoms. The molecule has 1 aromatic carbocycles. The highest BCUT2D eigenvalue weighted by molar-refractivity contribution is 5.83. The molecule has 11 heteroatoms. The number of ether oxygens (including phenoxy) is 1. The number of hydrogen-bond acceptors (Lipinski definition) is 8. The third-order valence-corrected chi connectivity index (χ3v) is 7.34. The third-order valence-electron chi connectivity index (χ3n) is 7.34. The van der Waals surface area contributed by atoms with E-state index in [0.717, 1.165) is 38.5 Å². The molecule has 1 aliphatic carbocycles. The summed E-state index contributed by atoms with van der Waals surface area (Å²) in [6, 6.07) is 6.84. The molecule has 1 aliphatic heterocycles. The summed E-state index contributed by atoms with van der Waals surface area (Å²) in [5.41, 5.74) is 0.0554. The second-order valence-electron chi connectivity index (χ2n) is 10.3. The van der Waals surface area contributed by atoms with Crippen molar-refractivity contribution in [3.63, 3.8) is 0 Å². The number of fused-ring (bicyclic) bond motifs is 1. The zero-order valence-corrected chi connectivity index (χ0v) is 21.9. The first-order valence-electron chi connectivity index (χ1n) is 13.3. The Labute approximate surface area is 223 Å². The summed E-state index contributed by atoms with van der Waals surface area (Å²) in [4.78, 5) is 51.7. The lowest BCUT2D eigenvalue weighted by molar-refractivity contribution is 0.0538. The average Bonchev–Trinajstić information content (AvgIpc) is 3.51. The van der Waals surface area contributed by atoms with Gasteiger partial charge in [0.2, 0.25) is 5.71 Å². The van der Waals surface area contributed by atoms with E-state index in [-0.39, 0.29) is 47.8 Å². The molecule has 1 saturated heterocycles. The van der Waals surface area contributed by atoms with E-state index in [1.165, 1.54) is 18.2 Å². The summed E-state index contributed by atoms with van der Waals surface area (Å²) in [6.45, 7) is 3.78. The Bertz CT molecular complexity index is 1510. The Hall–Kier alpha value is -4.02. The minimum Gasteiger partial charge on any atom is -0.446 e. The van der Waals surface area contributed by atoms with Gasteiger partial charge in [-0.05, 0) is 82.1 Å². The Morgan fingerprint density at radius 2 is 2.00 bits per heavy atom. The molecule has 39 heavy (non-hydrogen) atoms. The zero-order chi connectivity index (χ0) is 27.5. The molecule has 206 valence electrons. The number of halogens is 1. The Morgan fingerprint density at radius 1 is 1.21 bits per heavy atom. The van der Waals surface area contributed by atoms with Crippen molar-refractivity contribution < 1.29 is 23.2 Å². The maximum Gasteiger partial charge on any atom is 0.410 e. The van der Waals surface area contributed by atoms with Crippen molar-refractivity contribution >= 4 is 22.9 Å². The van der Waals surface area contributed by atoms with Crippen LogP contribution >= 0.6 is 0 Å². The van der Waals surface area contributed by atoms with Crippen LogP contribution in [-0.4, -0.2) is 44.9 Å². The van der Waals surface area contributed by atoms with Crippen LogP contribution in [0.1, 0.15) is 69.9 Å². The Morgan fingerprint density at radius 3 is 2.77 bits per heavy atom. The first-order valence-corrected chi connectivity index (χ1v) is 13.3. The molecule has 0 radical (unpaired) electrons. The maximum atomic E-state index is 13.6. The van der Waals surface area contributed by atoms with Crippen LogP contribution in [0.2, 0.25) is 0 Å². The fraction of sp³-hybridized carbons (Fsp3) is 0.464. The lowest BCUT2D eigenvalue weighted by atomic mass is 10.0. The van der Waals surface area contributed by atoms with Crippen molar-refractivity contribution in [1.82, 2.24) is 14.9 Å². The summed E-state index contributed by atoms with van der Waals surface area (Å²) in [7, 11) is 0. The third kappa shape index (κ3) is 6.18. The number of amides is 1. The van der Waals surface area contributed by atoms with Gasteiger partial charge in [-0.3, -0.25) is 9.78 Å². The monoisotopic (exact) mass is 538 g/mol. The maximum absolute atomic E-state index is 13.6. The number of hydrogen-bond donors (Lipinski definition) is 1. The van der Waals surface area contributed by atoms with Crippen LogP contribution in [-0.2, 0) is 11.2 Å². The van der Waals surface area contributed by atoms with Crippen LogP contribution in [0.25, 0.3) is 11.1 Å². The fourth-order valence-corrected chi connectivity index (χ4v) is 5.49. The van der Waals surface area contributed by atoms with Crippen LogP contribution in [0.5, 0.6) is 6.01 Å². The quantitative estimate of drug-likeness (QED) is 0.342. The van der Waals surface area contributed by atoms with Gasteiger partial charge in [-0.1, -0.05) is 17.3 Å². The molecule has 0 bridgehead atoms. The predicted octanol–water partition coefficient (Wildman–Crippen LogP) is 4.68. The molecule has 1 saturated carbocycles. The summed E-state index contributed by atoms with van der Waals surface area (Å²) in [5, 5.41) is 4.17. The van der Waals surface area contributed by atoms with E-state index in [0.29, 0.717) is 23.3 Å². The highest BCUT2D eigenvalue weighted by Gasteiger charge is 2.37. The number of carbonyl (C=O) groups excluding carboxylic acids is 1. The number of aromatic nitrogens is 2. The van der Waals surface area contributed by atoms with Crippen LogP contribution in [0.15, 0.2) is 49.5 Å². The topological polar surface area (TPSA) is 127 Å². The van der Waals surface area contributed by atoms with Crippen molar-refractivity contribution in [1.29, 1.82) is 0 Å². The van der Waals surface area contributed by atoms with Gasteiger partial charge >= 0.3 is 17.7 Å². The molecular formula is C28H31FN4O6. The molecular weight excluding hydrogens is 507 g/mol. The van der Waals surface area contributed by atoms with E-state index in [2.05, 4.69) is 15.1 Å². The van der Waals surface area contributed by atoms with Gasteiger partial charge in [0.05, 0.1) is 5.71 Å². The van der Waals surface area contributed by atoms with E-state index in [9.17, 15) is 18.8 Å². The van der Waals surface area contributed by atoms with Crippen molar-refractivity contribution in [2.45, 2.75) is 83.4 Å². The summed E-state index contributed by atoms with van der Waals surface area (Å²) < 4.78 is 24.5. The smallest absolute Gasteiger partial charge is 0.410 e. The standard InChI is InChI=1S/C28H31FN4O6/c1-16(12-21-11-10-17(2)33(21)28(36)37-22-8-3-4-9-22)32-39-27-30-25(35)24-19(15-23(34)38-26(24)31-27)13-18-6-5-7-20(29)14-18/h5-7,14-15,17,21-22H,3-4,8-13H2,1-2H3,(H,30,31,35)/b32-16-. The number of rotatable bonds is 7. The number of oxime groups is 1. The lowest BCUT2D eigenvalue weighted by Crippen LogP contribution is -2.42. The first-order chi connectivity index (χ1) is 18.8. The number of H-pyrrole nitrogens is 1. The average molecular weight is 539 g/mol. The van der Waals surface area contributed by atoms with Gasteiger partial charge in [0, 0.05) is 24.6 Å². The van der Waals surface area contributed by atoms with Gasteiger partial charge in [0.1, 0.15) is 17.3 Å². The lowest BCUT2D eigenvalue weighted by Gasteiger charge is -2.29. The molecule has 2 atom stereocenters. The van der Waals surface area contributed by atoms with Crippen LogP contribution in [0, 0.1) is 5.82 Å². The van der Waals surface area contributed by atoms with Gasteiger partial charge < -0.3 is 18.9 Å². The molecule has 2 unspecified atom stereocenters. The molecule has 3 heterocycles. The summed E-state index contributed by atoms with van der Waals surface area (Å²) in [6.07, 6.45) is 6.01. The van der Waals surface area contributed by atoms with Crippen LogP contribution in [0.3, 0.4) is 0 Å². The summed E-state index contributed by atoms with van der Waals surface area (Å²) in [5.74, 6) is -0.420. The van der Waals surface area contributed by atoms with Crippen molar-refractivity contribution in [3.8, 4) is 6.01 Å². The van der Waals surface area contributed by atoms with Crippen molar-refractivity contribution in [3.05, 3.63) is 68.0 Å². The largest absolute Gasteiger partial charge is 0.446 e. The van der Waals surface area contributed by atoms with Gasteiger partial charge in [0.25, 0.3) is 5.56 Å². The first kappa shape index (κ1) is 26.6. The Kier molecular flexibility index (Phi) is 7.76. The molecule has 2 aromatic heterocycles. The number of benzene rings is 1. The molecule has 1 amide bonds. The second-order valence-corrected chi connectivity index (χ2v) is 10.3. The highest BCUT2D eigenvalue weighted by atomic mass is 19.1. The van der Waals surface area contributed by atoms with Gasteiger partial charge in [-0.2, -0.15) is 4.98 Å². The number of likely N-dealkylation sites (tertiary alicyclic amines) is 1. The van der Waals surface area contributed by atoms with Crippen molar-refractivity contribution in [2.75, 3.05) is 0 Å². The summed E-state index contributed by atoms with van der Waals surface area (Å²) >= 11 is 0. The molecule has 2 fully saturated rings. The van der Waals surface area contributed by atoms with Gasteiger partial charge in [0.15, 0.2) is 0 Å². The zero-order valence-electron chi connectivity index (χ0n) is 21.9. The normalized spacial score (nSPS) is 20.1. The number of nitrogens with one attached hydrogen (secondary N) is 1. The van der Waals surface area contributed by atoms with E-state index < -0.39 is 17.0 Å². The number of aromatic amines is 1. The molecule has 10 nitrogen and oxygen atoms in total. The van der Waals surface area contributed by atoms with Crippen LogP contribution < -0.4 is 16.0 Å². The SMILES string of the molecule is C/C(CC1CCC(C)N1C(=O)OC1CCCC1)=N/Oc1nc2oc(=O)cc(Cc3cccc(F)c3)c2c(=O)[nH]1.